The highest BCUT2D eigenvalue weighted by Crippen LogP contribution is 2.16. The molecular formula is C17H24IN3O3. The van der Waals surface area contributed by atoms with Crippen LogP contribution >= 0.6 is 22.6 Å². The van der Waals surface area contributed by atoms with Crippen LogP contribution in [0.3, 0.4) is 0 Å². The van der Waals surface area contributed by atoms with Crippen LogP contribution < -0.4 is 10.6 Å². The van der Waals surface area contributed by atoms with Gasteiger partial charge in [-0.15, -0.1) is 0 Å². The molecule has 2 N–H and O–H groups in total. The number of urea groups is 1. The van der Waals surface area contributed by atoms with Crippen LogP contribution in [-0.2, 0) is 4.74 Å². The summed E-state index contributed by atoms with van der Waals surface area (Å²) in [4.78, 5) is 25.7. The lowest BCUT2D eigenvalue weighted by atomic mass is 10.1. The quantitative estimate of drug-likeness (QED) is 0.681. The number of amides is 3. The van der Waals surface area contributed by atoms with Crippen molar-refractivity contribution in [2.45, 2.75) is 45.3 Å². The van der Waals surface area contributed by atoms with Crippen molar-refractivity contribution < 1.29 is 14.3 Å². The van der Waals surface area contributed by atoms with Crippen LogP contribution in [-0.4, -0.2) is 41.8 Å². The molecular weight excluding hydrogens is 421 g/mol. The molecule has 2 rings (SSSR count). The number of likely N-dealkylation sites (tertiary alicyclic amines) is 1. The van der Waals surface area contributed by atoms with Crippen molar-refractivity contribution in [3.05, 3.63) is 27.8 Å². The zero-order valence-corrected chi connectivity index (χ0v) is 16.4. The van der Waals surface area contributed by atoms with E-state index in [1.807, 2.05) is 45.0 Å². The number of rotatable bonds is 2. The van der Waals surface area contributed by atoms with Gasteiger partial charge in [-0.1, -0.05) is 0 Å². The summed E-state index contributed by atoms with van der Waals surface area (Å²) in [6.07, 6.45) is 1.16. The van der Waals surface area contributed by atoms with Crippen LogP contribution in [0.25, 0.3) is 0 Å². The van der Waals surface area contributed by atoms with Gasteiger partial charge in [0.05, 0.1) is 0 Å². The Morgan fingerprint density at radius 1 is 1.17 bits per heavy atom. The summed E-state index contributed by atoms with van der Waals surface area (Å²) >= 11 is 2.22. The molecule has 0 atom stereocenters. The van der Waals surface area contributed by atoms with Crippen LogP contribution in [0.15, 0.2) is 24.3 Å². The first-order valence-corrected chi connectivity index (χ1v) is 9.12. The summed E-state index contributed by atoms with van der Waals surface area (Å²) in [5.41, 5.74) is 0.277. The molecule has 1 aliphatic heterocycles. The molecule has 3 amide bonds. The van der Waals surface area contributed by atoms with Gasteiger partial charge in [0.1, 0.15) is 5.60 Å². The molecule has 0 bridgehead atoms. The van der Waals surface area contributed by atoms with Gasteiger partial charge in [0.2, 0.25) is 0 Å². The molecule has 1 aliphatic rings. The van der Waals surface area contributed by atoms with Gasteiger partial charge >= 0.3 is 12.1 Å². The number of nitrogens with one attached hydrogen (secondary N) is 2. The maximum atomic E-state index is 12.0. The highest BCUT2D eigenvalue weighted by atomic mass is 127. The summed E-state index contributed by atoms with van der Waals surface area (Å²) in [6.45, 7) is 6.74. The van der Waals surface area contributed by atoms with E-state index in [0.717, 1.165) is 22.1 Å². The van der Waals surface area contributed by atoms with Crippen molar-refractivity contribution in [3.63, 3.8) is 0 Å². The molecule has 132 valence electrons. The van der Waals surface area contributed by atoms with Gasteiger partial charge in [-0.25, -0.2) is 9.59 Å². The lowest BCUT2D eigenvalue weighted by Gasteiger charge is -2.33. The van der Waals surface area contributed by atoms with Gasteiger partial charge in [-0.3, -0.25) is 0 Å². The molecule has 7 heteroatoms. The van der Waals surface area contributed by atoms with Crippen molar-refractivity contribution in [1.29, 1.82) is 0 Å². The Hall–Kier alpha value is -1.51. The molecule has 24 heavy (non-hydrogen) atoms. The number of piperidine rings is 1. The van der Waals surface area contributed by atoms with E-state index in [0.29, 0.717) is 13.1 Å². The fourth-order valence-electron chi connectivity index (χ4n) is 2.42. The van der Waals surface area contributed by atoms with Crippen LogP contribution in [0.1, 0.15) is 33.6 Å². The van der Waals surface area contributed by atoms with Crippen molar-refractivity contribution in [3.8, 4) is 0 Å². The minimum Gasteiger partial charge on any atom is -0.444 e. The number of ether oxygens (including phenoxy) is 1. The summed E-state index contributed by atoms with van der Waals surface area (Å²) in [5, 5.41) is 5.78. The van der Waals surface area contributed by atoms with E-state index in [1.165, 1.54) is 0 Å². The van der Waals surface area contributed by atoms with Gasteiger partial charge in [0, 0.05) is 28.4 Å². The molecule has 0 aromatic heterocycles. The van der Waals surface area contributed by atoms with E-state index < -0.39 is 5.60 Å². The number of carbonyl (C=O) groups excluding carboxylic acids is 2. The first-order valence-electron chi connectivity index (χ1n) is 8.04. The second-order valence-corrected chi connectivity index (χ2v) is 8.09. The van der Waals surface area contributed by atoms with Crippen LogP contribution in [0.2, 0.25) is 0 Å². The lowest BCUT2D eigenvalue weighted by molar-refractivity contribution is 0.0202. The second kappa shape index (κ2) is 8.04. The third-order valence-electron chi connectivity index (χ3n) is 3.58. The Labute approximate surface area is 156 Å². The number of benzene rings is 1. The van der Waals surface area contributed by atoms with Crippen molar-refractivity contribution in [2.75, 3.05) is 18.4 Å². The van der Waals surface area contributed by atoms with Crippen LogP contribution in [0.5, 0.6) is 0 Å². The van der Waals surface area contributed by atoms with Crippen LogP contribution in [0.4, 0.5) is 15.3 Å². The van der Waals surface area contributed by atoms with Crippen molar-refractivity contribution in [1.82, 2.24) is 10.2 Å². The molecule has 0 saturated carbocycles. The van der Waals surface area contributed by atoms with Gasteiger partial charge in [0.15, 0.2) is 0 Å². The Bertz CT molecular complexity index is 576. The SMILES string of the molecule is CC(C)(C)OC(=O)N1CCC(NC(=O)Nc2ccc(I)cc2)CC1. The van der Waals surface area contributed by atoms with Gasteiger partial charge in [-0.2, -0.15) is 0 Å². The van der Waals surface area contributed by atoms with E-state index >= 15 is 0 Å². The van der Waals surface area contributed by atoms with Crippen LogP contribution in [0, 0.1) is 3.57 Å². The molecule has 6 nitrogen and oxygen atoms in total. The van der Waals surface area contributed by atoms with E-state index in [1.54, 1.807) is 4.90 Å². The number of carbonyl (C=O) groups is 2. The number of hydrogen-bond acceptors (Lipinski definition) is 3. The predicted molar refractivity (Wildman–Crippen MR) is 102 cm³/mol. The van der Waals surface area contributed by atoms with E-state index in [-0.39, 0.29) is 18.2 Å². The molecule has 0 unspecified atom stereocenters. The highest BCUT2D eigenvalue weighted by Gasteiger charge is 2.27. The number of nitrogens with zero attached hydrogens (tertiary/aromatic N) is 1. The van der Waals surface area contributed by atoms with Gasteiger partial charge in [-0.05, 0) is 80.5 Å². The van der Waals surface area contributed by atoms with E-state index in [4.69, 9.17) is 4.74 Å². The van der Waals surface area contributed by atoms with E-state index in [2.05, 4.69) is 33.2 Å². The number of hydrogen-bond donors (Lipinski definition) is 2. The standard InChI is InChI=1S/C17H24IN3O3/c1-17(2,3)24-16(23)21-10-8-14(9-11-21)20-15(22)19-13-6-4-12(18)5-7-13/h4-7,14H,8-11H2,1-3H3,(H2,19,20,22). The van der Waals surface area contributed by atoms with Gasteiger partial charge in [0.25, 0.3) is 0 Å². The smallest absolute Gasteiger partial charge is 0.410 e. The minimum atomic E-state index is -0.487. The molecule has 0 radical (unpaired) electrons. The monoisotopic (exact) mass is 445 g/mol. The maximum Gasteiger partial charge on any atom is 0.410 e. The molecule has 0 spiro atoms. The Kier molecular flexibility index (Phi) is 6.31. The second-order valence-electron chi connectivity index (χ2n) is 6.85. The molecule has 0 aliphatic carbocycles. The first-order chi connectivity index (χ1) is 11.2. The first kappa shape index (κ1) is 18.8. The van der Waals surface area contributed by atoms with Gasteiger partial charge < -0.3 is 20.3 Å². The third-order valence-corrected chi connectivity index (χ3v) is 4.30. The molecule has 1 aromatic rings. The molecule has 1 heterocycles. The van der Waals surface area contributed by atoms with Crippen molar-refractivity contribution >= 4 is 40.4 Å². The zero-order chi connectivity index (χ0) is 17.7. The number of halogens is 1. The number of anilines is 1. The molecule has 1 fully saturated rings. The normalized spacial score (nSPS) is 15.8. The topological polar surface area (TPSA) is 70.7 Å². The Morgan fingerprint density at radius 3 is 2.29 bits per heavy atom. The summed E-state index contributed by atoms with van der Waals surface area (Å²) in [5.74, 6) is 0. The third kappa shape index (κ3) is 6.18. The van der Waals surface area contributed by atoms with Crippen molar-refractivity contribution in [2.24, 2.45) is 0 Å². The molecule has 1 saturated heterocycles. The Balaban J connectivity index is 1.75. The Morgan fingerprint density at radius 2 is 1.75 bits per heavy atom. The lowest BCUT2D eigenvalue weighted by Crippen LogP contribution is -2.48. The summed E-state index contributed by atoms with van der Waals surface area (Å²) < 4.78 is 6.49. The van der Waals surface area contributed by atoms with E-state index in [9.17, 15) is 9.59 Å². The largest absolute Gasteiger partial charge is 0.444 e. The zero-order valence-electron chi connectivity index (χ0n) is 14.3. The fraction of sp³-hybridized carbons (Fsp3) is 0.529. The average Bonchev–Trinajstić information content (AvgIpc) is 2.48. The summed E-state index contributed by atoms with van der Waals surface area (Å²) in [7, 11) is 0. The molecule has 1 aromatic carbocycles. The minimum absolute atomic E-state index is 0.0625. The predicted octanol–water partition coefficient (Wildman–Crippen LogP) is 3.81. The maximum absolute atomic E-state index is 12.0. The fourth-order valence-corrected chi connectivity index (χ4v) is 2.78. The average molecular weight is 445 g/mol. The highest BCUT2D eigenvalue weighted by molar-refractivity contribution is 14.1. The summed E-state index contributed by atoms with van der Waals surface area (Å²) in [6, 6.07) is 7.46.